The molecule has 0 radical (unpaired) electrons. The lowest BCUT2D eigenvalue weighted by molar-refractivity contribution is 0.0697. The predicted octanol–water partition coefficient (Wildman–Crippen LogP) is 3.50. The van der Waals surface area contributed by atoms with E-state index in [0.717, 1.165) is 5.69 Å². The fourth-order valence-electron chi connectivity index (χ4n) is 2.06. The first-order chi connectivity index (χ1) is 11.7. The van der Waals surface area contributed by atoms with Crippen molar-refractivity contribution in [2.75, 3.05) is 5.32 Å². The van der Waals surface area contributed by atoms with Crippen LogP contribution in [0.1, 0.15) is 16.2 Å². The Kier molecular flexibility index (Phi) is 4.67. The first kappa shape index (κ1) is 15.5. The van der Waals surface area contributed by atoms with Crippen LogP contribution in [0.15, 0.2) is 66.9 Å². The number of para-hydroxylation sites is 2. The molecule has 1 heterocycles. The zero-order valence-corrected chi connectivity index (χ0v) is 12.7. The third kappa shape index (κ3) is 3.86. The standard InChI is InChI=1S/C18H15N3O3/c22-18(23)15-11-19-16(12-24-14-9-5-2-6-10-14)21-17(15)20-13-7-3-1-4-8-13/h1-11H,12H2,(H,22,23)(H,19,20,21). The molecule has 0 bridgehead atoms. The maximum Gasteiger partial charge on any atom is 0.341 e. The second-order valence-electron chi connectivity index (χ2n) is 4.95. The number of carboxylic acids is 1. The summed E-state index contributed by atoms with van der Waals surface area (Å²) in [6, 6.07) is 18.5. The molecule has 0 amide bonds. The number of carbonyl (C=O) groups is 1. The summed E-state index contributed by atoms with van der Waals surface area (Å²) in [6.07, 6.45) is 1.28. The topological polar surface area (TPSA) is 84.3 Å². The van der Waals surface area contributed by atoms with Crippen LogP contribution in [-0.4, -0.2) is 21.0 Å². The van der Waals surface area contributed by atoms with Crippen molar-refractivity contribution in [1.82, 2.24) is 9.97 Å². The van der Waals surface area contributed by atoms with E-state index in [9.17, 15) is 9.90 Å². The van der Waals surface area contributed by atoms with E-state index in [4.69, 9.17) is 4.74 Å². The average Bonchev–Trinajstić information content (AvgIpc) is 2.62. The molecule has 0 aliphatic carbocycles. The van der Waals surface area contributed by atoms with Gasteiger partial charge in [-0.05, 0) is 24.3 Å². The SMILES string of the molecule is O=C(O)c1cnc(COc2ccccc2)nc1Nc1ccccc1. The molecule has 3 aromatic rings. The summed E-state index contributed by atoms with van der Waals surface area (Å²) in [5.74, 6) is 0.225. The highest BCUT2D eigenvalue weighted by Crippen LogP contribution is 2.19. The van der Waals surface area contributed by atoms with Crippen molar-refractivity contribution in [3.05, 3.63) is 78.2 Å². The molecule has 0 atom stereocenters. The Hall–Kier alpha value is -3.41. The van der Waals surface area contributed by atoms with Crippen LogP contribution < -0.4 is 10.1 Å². The minimum absolute atomic E-state index is 0.00214. The Morgan fingerprint density at radius 1 is 1.04 bits per heavy atom. The van der Waals surface area contributed by atoms with E-state index in [1.807, 2.05) is 60.7 Å². The van der Waals surface area contributed by atoms with E-state index in [0.29, 0.717) is 11.6 Å². The lowest BCUT2D eigenvalue weighted by atomic mass is 10.2. The van der Waals surface area contributed by atoms with Crippen LogP contribution in [0.4, 0.5) is 11.5 Å². The van der Waals surface area contributed by atoms with E-state index in [2.05, 4.69) is 15.3 Å². The summed E-state index contributed by atoms with van der Waals surface area (Å²) in [7, 11) is 0. The summed E-state index contributed by atoms with van der Waals surface area (Å²) in [4.78, 5) is 19.7. The molecule has 0 aliphatic rings. The van der Waals surface area contributed by atoms with Crippen LogP contribution in [0.5, 0.6) is 5.75 Å². The van der Waals surface area contributed by atoms with E-state index >= 15 is 0 Å². The Morgan fingerprint density at radius 3 is 2.38 bits per heavy atom. The number of aromatic nitrogens is 2. The van der Waals surface area contributed by atoms with Gasteiger partial charge in [-0.25, -0.2) is 14.8 Å². The van der Waals surface area contributed by atoms with Gasteiger partial charge in [-0.1, -0.05) is 36.4 Å². The number of benzene rings is 2. The minimum atomic E-state index is -1.09. The van der Waals surface area contributed by atoms with E-state index in [1.54, 1.807) is 0 Å². The van der Waals surface area contributed by atoms with Crippen LogP contribution in [0.25, 0.3) is 0 Å². The maximum absolute atomic E-state index is 11.4. The highest BCUT2D eigenvalue weighted by Gasteiger charge is 2.14. The average molecular weight is 321 g/mol. The Balaban J connectivity index is 1.81. The van der Waals surface area contributed by atoms with E-state index < -0.39 is 5.97 Å². The Bertz CT molecular complexity index is 823. The Labute approximate surface area is 138 Å². The summed E-state index contributed by atoms with van der Waals surface area (Å²) >= 11 is 0. The number of hydrogen-bond acceptors (Lipinski definition) is 5. The van der Waals surface area contributed by atoms with Crippen molar-refractivity contribution in [1.29, 1.82) is 0 Å². The van der Waals surface area contributed by atoms with Gasteiger partial charge in [-0.15, -0.1) is 0 Å². The molecule has 0 spiro atoms. The minimum Gasteiger partial charge on any atom is -0.486 e. The van der Waals surface area contributed by atoms with Crippen LogP contribution in [0.2, 0.25) is 0 Å². The number of carboxylic acid groups (broad SMARTS) is 1. The van der Waals surface area contributed by atoms with Crippen LogP contribution >= 0.6 is 0 Å². The number of aromatic carboxylic acids is 1. The first-order valence-electron chi connectivity index (χ1n) is 7.31. The van der Waals surface area contributed by atoms with Crippen molar-refractivity contribution in [3.63, 3.8) is 0 Å². The number of hydrogen-bond donors (Lipinski definition) is 2. The van der Waals surface area contributed by atoms with Crippen molar-refractivity contribution in [2.24, 2.45) is 0 Å². The fourth-order valence-corrected chi connectivity index (χ4v) is 2.06. The second-order valence-corrected chi connectivity index (χ2v) is 4.95. The van der Waals surface area contributed by atoms with Gasteiger partial charge in [0.1, 0.15) is 23.7 Å². The van der Waals surface area contributed by atoms with Gasteiger partial charge in [0.15, 0.2) is 5.82 Å². The number of nitrogens with one attached hydrogen (secondary N) is 1. The number of nitrogens with zero attached hydrogens (tertiary/aromatic N) is 2. The predicted molar refractivity (Wildman–Crippen MR) is 89.5 cm³/mol. The third-order valence-electron chi connectivity index (χ3n) is 3.22. The Morgan fingerprint density at radius 2 is 1.71 bits per heavy atom. The number of rotatable bonds is 6. The van der Waals surface area contributed by atoms with Crippen molar-refractivity contribution >= 4 is 17.5 Å². The number of ether oxygens (including phenoxy) is 1. The zero-order chi connectivity index (χ0) is 16.8. The molecule has 6 nitrogen and oxygen atoms in total. The molecular formula is C18H15N3O3. The summed E-state index contributed by atoms with van der Waals surface area (Å²) in [6.45, 7) is 0.146. The first-order valence-corrected chi connectivity index (χ1v) is 7.31. The van der Waals surface area contributed by atoms with E-state index in [-0.39, 0.29) is 18.0 Å². The van der Waals surface area contributed by atoms with Gasteiger partial charge >= 0.3 is 5.97 Å². The van der Waals surface area contributed by atoms with Gasteiger partial charge in [-0.2, -0.15) is 0 Å². The molecule has 24 heavy (non-hydrogen) atoms. The molecule has 0 unspecified atom stereocenters. The van der Waals surface area contributed by atoms with Gasteiger partial charge in [0.25, 0.3) is 0 Å². The second kappa shape index (κ2) is 7.23. The van der Waals surface area contributed by atoms with Crippen molar-refractivity contribution in [3.8, 4) is 5.75 Å². The van der Waals surface area contributed by atoms with Crippen molar-refractivity contribution in [2.45, 2.75) is 6.61 Å². The van der Waals surface area contributed by atoms with Gasteiger partial charge in [-0.3, -0.25) is 0 Å². The largest absolute Gasteiger partial charge is 0.486 e. The van der Waals surface area contributed by atoms with Gasteiger partial charge in [0.2, 0.25) is 0 Å². The lowest BCUT2D eigenvalue weighted by Gasteiger charge is -2.10. The molecule has 120 valence electrons. The summed E-state index contributed by atoms with van der Waals surface area (Å²) in [5.41, 5.74) is 0.746. The summed E-state index contributed by atoms with van der Waals surface area (Å²) < 4.78 is 5.60. The van der Waals surface area contributed by atoms with E-state index in [1.165, 1.54) is 6.20 Å². The highest BCUT2D eigenvalue weighted by molar-refractivity contribution is 5.93. The van der Waals surface area contributed by atoms with Crippen LogP contribution in [0.3, 0.4) is 0 Å². The smallest absolute Gasteiger partial charge is 0.341 e. The molecule has 0 aliphatic heterocycles. The molecule has 6 heteroatoms. The lowest BCUT2D eigenvalue weighted by Crippen LogP contribution is -2.10. The molecule has 2 aromatic carbocycles. The van der Waals surface area contributed by atoms with Gasteiger partial charge < -0.3 is 15.2 Å². The molecule has 3 rings (SSSR count). The normalized spacial score (nSPS) is 10.2. The summed E-state index contributed by atoms with van der Waals surface area (Å²) in [5, 5.41) is 12.3. The molecule has 0 fully saturated rings. The van der Waals surface area contributed by atoms with Gasteiger partial charge in [0, 0.05) is 11.9 Å². The molecular weight excluding hydrogens is 306 g/mol. The number of anilines is 2. The fraction of sp³-hybridized carbons (Fsp3) is 0.0556. The molecule has 0 saturated heterocycles. The highest BCUT2D eigenvalue weighted by atomic mass is 16.5. The monoisotopic (exact) mass is 321 g/mol. The van der Waals surface area contributed by atoms with Crippen LogP contribution in [0, 0.1) is 0 Å². The zero-order valence-electron chi connectivity index (χ0n) is 12.7. The molecule has 1 aromatic heterocycles. The molecule has 0 saturated carbocycles. The van der Waals surface area contributed by atoms with Crippen LogP contribution in [-0.2, 0) is 6.61 Å². The van der Waals surface area contributed by atoms with Crippen molar-refractivity contribution < 1.29 is 14.6 Å². The van der Waals surface area contributed by atoms with Gasteiger partial charge in [0.05, 0.1) is 0 Å². The molecule has 2 N–H and O–H groups in total. The third-order valence-corrected chi connectivity index (χ3v) is 3.22. The maximum atomic E-state index is 11.4. The quantitative estimate of drug-likeness (QED) is 0.723.